The minimum Gasteiger partial charge on any atom is -0.288 e. The Morgan fingerprint density at radius 1 is 0.536 bits per heavy atom. The van der Waals surface area contributed by atoms with E-state index in [-0.39, 0.29) is 0 Å². The summed E-state index contributed by atoms with van der Waals surface area (Å²) in [6, 6.07) is 37.3. The Morgan fingerprint density at radius 2 is 0.964 bits per heavy atom. The van der Waals surface area contributed by atoms with Crippen molar-refractivity contribution in [3.05, 3.63) is 121 Å². The Balaban J connectivity index is 1.68. The zero-order chi connectivity index (χ0) is 19.2. The summed E-state index contributed by atoms with van der Waals surface area (Å²) in [6.45, 7) is 0. The summed E-state index contributed by atoms with van der Waals surface area (Å²) in [7, 11) is -3.09. The van der Waals surface area contributed by atoms with Gasteiger partial charge >= 0.3 is 0 Å². The maximum Gasteiger partial charge on any atom is 0.247 e. The van der Waals surface area contributed by atoms with Gasteiger partial charge in [-0.3, -0.25) is 4.57 Å². The highest BCUT2D eigenvalue weighted by atomic mass is 31.2. The highest BCUT2D eigenvalue weighted by Crippen LogP contribution is 2.44. The van der Waals surface area contributed by atoms with E-state index >= 15 is 0 Å². The SMILES string of the molecule is O=P(/N=C/c1ccc(-c2ccccc2)cc1)(c1ccccc1)c1ccccc1. The molecule has 0 aliphatic heterocycles. The van der Waals surface area contributed by atoms with Gasteiger partial charge in [-0.25, -0.2) is 4.76 Å². The van der Waals surface area contributed by atoms with Gasteiger partial charge in [0.25, 0.3) is 0 Å². The molecule has 4 rings (SSSR count). The minimum atomic E-state index is -3.09. The molecule has 4 aromatic carbocycles. The summed E-state index contributed by atoms with van der Waals surface area (Å²) in [5.41, 5.74) is 3.24. The van der Waals surface area contributed by atoms with Crippen molar-refractivity contribution in [3.63, 3.8) is 0 Å². The van der Waals surface area contributed by atoms with Gasteiger partial charge in [-0.15, -0.1) is 0 Å². The second-order valence-corrected chi connectivity index (χ2v) is 8.90. The van der Waals surface area contributed by atoms with E-state index in [9.17, 15) is 4.57 Å². The van der Waals surface area contributed by atoms with Crippen LogP contribution in [0.3, 0.4) is 0 Å². The molecule has 0 aliphatic carbocycles. The van der Waals surface area contributed by atoms with Crippen molar-refractivity contribution in [1.29, 1.82) is 0 Å². The van der Waals surface area contributed by atoms with Crippen LogP contribution >= 0.6 is 7.29 Å². The molecular formula is C25H20NOP. The summed E-state index contributed by atoms with van der Waals surface area (Å²) in [5.74, 6) is 0. The molecule has 3 heteroatoms. The van der Waals surface area contributed by atoms with Crippen LogP contribution in [0.5, 0.6) is 0 Å². The average molecular weight is 381 g/mol. The Labute approximate surface area is 165 Å². The first kappa shape index (κ1) is 18.2. The Morgan fingerprint density at radius 3 is 1.46 bits per heavy atom. The maximum atomic E-state index is 13.9. The van der Waals surface area contributed by atoms with Gasteiger partial charge in [-0.1, -0.05) is 91.0 Å². The van der Waals surface area contributed by atoms with Gasteiger partial charge in [0, 0.05) is 16.8 Å². The largest absolute Gasteiger partial charge is 0.288 e. The molecule has 136 valence electrons. The van der Waals surface area contributed by atoms with Crippen LogP contribution in [-0.2, 0) is 4.57 Å². The number of benzene rings is 4. The Bertz CT molecular complexity index is 1060. The van der Waals surface area contributed by atoms with Gasteiger partial charge in [0.15, 0.2) is 0 Å². The van der Waals surface area contributed by atoms with E-state index in [1.807, 2.05) is 91.0 Å². The second-order valence-electron chi connectivity index (χ2n) is 6.48. The fourth-order valence-electron chi connectivity index (χ4n) is 3.08. The van der Waals surface area contributed by atoms with Crippen molar-refractivity contribution in [1.82, 2.24) is 0 Å². The molecule has 0 atom stereocenters. The Hall–Kier alpha value is -3.22. The van der Waals surface area contributed by atoms with Crippen molar-refractivity contribution in [3.8, 4) is 11.1 Å². The van der Waals surface area contributed by atoms with Crippen molar-refractivity contribution in [2.24, 2.45) is 4.76 Å². The molecule has 0 aliphatic rings. The highest BCUT2D eigenvalue weighted by molar-refractivity contribution is 7.77. The van der Waals surface area contributed by atoms with E-state index in [2.05, 4.69) is 29.0 Å². The molecule has 28 heavy (non-hydrogen) atoms. The molecule has 0 heterocycles. The molecule has 0 saturated heterocycles. The molecule has 0 spiro atoms. The fraction of sp³-hybridized carbons (Fsp3) is 0. The molecule has 0 fully saturated rings. The maximum absolute atomic E-state index is 13.9. The lowest BCUT2D eigenvalue weighted by atomic mass is 10.0. The van der Waals surface area contributed by atoms with E-state index in [1.165, 1.54) is 5.56 Å². The first-order valence-electron chi connectivity index (χ1n) is 9.18. The van der Waals surface area contributed by atoms with E-state index in [0.717, 1.165) is 21.7 Å². The first-order valence-corrected chi connectivity index (χ1v) is 10.8. The van der Waals surface area contributed by atoms with Crippen LogP contribution in [0.15, 0.2) is 120 Å². The normalized spacial score (nSPS) is 11.6. The molecule has 0 saturated carbocycles. The third-order valence-corrected chi connectivity index (χ3v) is 7.04. The molecule has 4 aromatic rings. The molecule has 0 bridgehead atoms. The lowest BCUT2D eigenvalue weighted by Gasteiger charge is -2.14. The smallest absolute Gasteiger partial charge is 0.247 e. The number of hydrogen-bond donors (Lipinski definition) is 0. The summed E-state index contributed by atoms with van der Waals surface area (Å²) >= 11 is 0. The van der Waals surface area contributed by atoms with Crippen LogP contribution in [0.25, 0.3) is 11.1 Å². The van der Waals surface area contributed by atoms with Crippen LogP contribution in [0.1, 0.15) is 5.56 Å². The van der Waals surface area contributed by atoms with Gasteiger partial charge in [-0.05, 0) is 41.0 Å². The quantitative estimate of drug-likeness (QED) is 0.322. The topological polar surface area (TPSA) is 29.4 Å². The Kier molecular flexibility index (Phi) is 5.32. The number of rotatable bonds is 5. The van der Waals surface area contributed by atoms with E-state index < -0.39 is 7.29 Å². The summed E-state index contributed by atoms with van der Waals surface area (Å²) in [5, 5.41) is 1.47. The van der Waals surface area contributed by atoms with Crippen LogP contribution in [0.4, 0.5) is 0 Å². The van der Waals surface area contributed by atoms with Crippen LogP contribution in [0, 0.1) is 0 Å². The highest BCUT2D eigenvalue weighted by Gasteiger charge is 2.25. The van der Waals surface area contributed by atoms with E-state index in [4.69, 9.17) is 0 Å². The number of nitrogens with zero attached hydrogens (tertiary/aromatic N) is 1. The monoisotopic (exact) mass is 381 g/mol. The van der Waals surface area contributed by atoms with Crippen LogP contribution in [-0.4, -0.2) is 6.21 Å². The summed E-state index contributed by atoms with van der Waals surface area (Å²) < 4.78 is 18.5. The molecular weight excluding hydrogens is 361 g/mol. The van der Waals surface area contributed by atoms with Crippen LogP contribution < -0.4 is 10.6 Å². The predicted octanol–water partition coefficient (Wildman–Crippen LogP) is 5.70. The van der Waals surface area contributed by atoms with Crippen molar-refractivity contribution < 1.29 is 4.57 Å². The van der Waals surface area contributed by atoms with Gasteiger partial charge in [0.2, 0.25) is 7.29 Å². The lowest BCUT2D eigenvalue weighted by molar-refractivity contribution is 0.588. The van der Waals surface area contributed by atoms with Crippen molar-refractivity contribution in [2.75, 3.05) is 0 Å². The molecule has 0 N–H and O–H groups in total. The molecule has 2 nitrogen and oxygen atoms in total. The number of hydrogen-bond acceptors (Lipinski definition) is 1. The van der Waals surface area contributed by atoms with Crippen molar-refractivity contribution in [2.45, 2.75) is 0 Å². The van der Waals surface area contributed by atoms with Crippen molar-refractivity contribution >= 4 is 24.1 Å². The third-order valence-electron chi connectivity index (χ3n) is 4.60. The predicted molar refractivity (Wildman–Crippen MR) is 119 cm³/mol. The van der Waals surface area contributed by atoms with Gasteiger partial charge < -0.3 is 0 Å². The summed E-state index contributed by atoms with van der Waals surface area (Å²) in [6.07, 6.45) is 1.72. The van der Waals surface area contributed by atoms with E-state index in [1.54, 1.807) is 6.21 Å². The lowest BCUT2D eigenvalue weighted by Crippen LogP contribution is -2.14. The minimum absolute atomic E-state index is 0.735. The molecule has 0 aromatic heterocycles. The average Bonchev–Trinajstić information content (AvgIpc) is 2.79. The molecule has 0 unspecified atom stereocenters. The van der Waals surface area contributed by atoms with Crippen LogP contribution in [0.2, 0.25) is 0 Å². The standard InChI is InChI=1S/C25H20NOP/c27-28(24-12-6-2-7-13-24,25-14-8-3-9-15-25)26-20-21-16-18-23(19-17-21)22-10-4-1-5-11-22/h1-20H/b26-20+. The zero-order valence-corrected chi connectivity index (χ0v) is 16.2. The van der Waals surface area contributed by atoms with Gasteiger partial charge in [0.1, 0.15) is 0 Å². The molecule has 0 amide bonds. The zero-order valence-electron chi connectivity index (χ0n) is 15.3. The first-order chi connectivity index (χ1) is 13.8. The third kappa shape index (κ3) is 3.88. The fourth-order valence-corrected chi connectivity index (χ4v) is 5.10. The van der Waals surface area contributed by atoms with Gasteiger partial charge in [0.05, 0.1) is 0 Å². The van der Waals surface area contributed by atoms with Gasteiger partial charge in [-0.2, -0.15) is 0 Å². The summed E-state index contributed by atoms with van der Waals surface area (Å²) in [4.78, 5) is 0. The molecule has 0 radical (unpaired) electrons. The van der Waals surface area contributed by atoms with E-state index in [0.29, 0.717) is 0 Å². The second kappa shape index (κ2) is 8.21.